The van der Waals surface area contributed by atoms with Gasteiger partial charge in [-0.2, -0.15) is 17.8 Å². The van der Waals surface area contributed by atoms with Gasteiger partial charge in [0.05, 0.1) is 0 Å². The number of nitrogens with one attached hydrogen (secondary N) is 1. The predicted molar refractivity (Wildman–Crippen MR) is 69.1 cm³/mol. The van der Waals surface area contributed by atoms with Crippen molar-refractivity contribution >= 4 is 16.0 Å². The number of anilines is 1. The van der Waals surface area contributed by atoms with E-state index < -0.39 is 10.2 Å². The summed E-state index contributed by atoms with van der Waals surface area (Å²) in [5, 5.41) is 4.00. The smallest absolute Gasteiger partial charge is 0.302 e. The molecule has 8 heteroatoms. The molecule has 0 aliphatic carbocycles. The van der Waals surface area contributed by atoms with Crippen molar-refractivity contribution < 1.29 is 8.42 Å². The van der Waals surface area contributed by atoms with E-state index in [0.717, 1.165) is 12.8 Å². The van der Waals surface area contributed by atoms with Crippen LogP contribution in [0.3, 0.4) is 0 Å². The van der Waals surface area contributed by atoms with Crippen LogP contribution in [0.25, 0.3) is 0 Å². The minimum absolute atomic E-state index is 0.249. The Hall–Kier alpha value is -1.12. The molecule has 0 bridgehead atoms. The molecule has 1 saturated heterocycles. The molecule has 1 aliphatic heterocycles. The van der Waals surface area contributed by atoms with Crippen LogP contribution >= 0.6 is 0 Å². The van der Waals surface area contributed by atoms with Crippen molar-refractivity contribution in [2.24, 2.45) is 18.7 Å². The van der Waals surface area contributed by atoms with E-state index in [0.29, 0.717) is 25.5 Å². The minimum Gasteiger partial charge on any atom is -0.330 e. The first-order valence-electron chi connectivity index (χ1n) is 5.99. The predicted octanol–water partition coefficient (Wildman–Crippen LogP) is -0.252. The minimum atomic E-state index is -3.51. The fourth-order valence-electron chi connectivity index (χ4n) is 2.10. The lowest BCUT2D eigenvalue weighted by Crippen LogP contribution is -2.44. The van der Waals surface area contributed by atoms with Gasteiger partial charge in [0, 0.05) is 32.4 Å². The molecule has 18 heavy (non-hydrogen) atoms. The Balaban J connectivity index is 2.06. The third-order valence-electron chi connectivity index (χ3n) is 3.10. The molecule has 0 spiro atoms. The number of rotatable bonds is 4. The van der Waals surface area contributed by atoms with Crippen LogP contribution < -0.4 is 10.5 Å². The molecule has 7 nitrogen and oxygen atoms in total. The quantitative estimate of drug-likeness (QED) is 0.791. The fourth-order valence-corrected chi connectivity index (χ4v) is 3.38. The Morgan fingerprint density at radius 3 is 3.00 bits per heavy atom. The monoisotopic (exact) mass is 273 g/mol. The first-order chi connectivity index (χ1) is 8.51. The lowest BCUT2D eigenvalue weighted by molar-refractivity contribution is 0.273. The average molecular weight is 273 g/mol. The van der Waals surface area contributed by atoms with Gasteiger partial charge in [0.15, 0.2) is 5.82 Å². The molecular weight excluding hydrogens is 254 g/mol. The largest absolute Gasteiger partial charge is 0.330 e. The summed E-state index contributed by atoms with van der Waals surface area (Å²) < 4.78 is 29.8. The van der Waals surface area contributed by atoms with Crippen LogP contribution in [0.4, 0.5) is 5.82 Å². The highest BCUT2D eigenvalue weighted by Gasteiger charge is 2.28. The summed E-state index contributed by atoms with van der Waals surface area (Å²) in [6.45, 7) is 1.55. The third kappa shape index (κ3) is 3.01. The Morgan fingerprint density at radius 2 is 2.39 bits per heavy atom. The van der Waals surface area contributed by atoms with Gasteiger partial charge in [-0.1, -0.05) is 0 Å². The molecule has 2 rings (SSSR count). The normalized spacial score (nSPS) is 22.0. The van der Waals surface area contributed by atoms with Gasteiger partial charge in [0.25, 0.3) is 0 Å². The van der Waals surface area contributed by atoms with Crippen molar-refractivity contribution in [2.45, 2.75) is 12.8 Å². The summed E-state index contributed by atoms with van der Waals surface area (Å²) in [5.41, 5.74) is 5.61. The first kappa shape index (κ1) is 13.3. The lowest BCUT2D eigenvalue weighted by Gasteiger charge is -2.30. The number of nitrogens with two attached hydrogens (primary N) is 1. The highest BCUT2D eigenvalue weighted by atomic mass is 32.2. The molecule has 2 heterocycles. The van der Waals surface area contributed by atoms with Crippen molar-refractivity contribution in [3.05, 3.63) is 12.3 Å². The molecule has 1 unspecified atom stereocenters. The molecule has 0 aromatic carbocycles. The zero-order valence-corrected chi connectivity index (χ0v) is 11.2. The van der Waals surface area contributed by atoms with E-state index in [2.05, 4.69) is 9.82 Å². The maximum atomic E-state index is 12.2. The highest BCUT2D eigenvalue weighted by molar-refractivity contribution is 7.90. The summed E-state index contributed by atoms with van der Waals surface area (Å²) in [5.74, 6) is 0.589. The topological polar surface area (TPSA) is 93.2 Å². The van der Waals surface area contributed by atoms with Gasteiger partial charge in [-0.3, -0.25) is 9.40 Å². The van der Waals surface area contributed by atoms with Crippen molar-refractivity contribution in [1.29, 1.82) is 0 Å². The van der Waals surface area contributed by atoms with E-state index in [1.807, 2.05) is 0 Å². The molecular formula is C10H19N5O2S. The van der Waals surface area contributed by atoms with Crippen LogP contribution in [0.1, 0.15) is 12.8 Å². The van der Waals surface area contributed by atoms with Crippen LogP contribution in [0, 0.1) is 5.92 Å². The molecule has 1 aromatic rings. The summed E-state index contributed by atoms with van der Waals surface area (Å²) in [7, 11) is -1.77. The maximum absolute atomic E-state index is 12.2. The summed E-state index contributed by atoms with van der Waals surface area (Å²) in [6.07, 6.45) is 3.54. The van der Waals surface area contributed by atoms with E-state index in [-0.39, 0.29) is 5.92 Å². The molecule has 102 valence electrons. The Bertz CT molecular complexity index is 498. The van der Waals surface area contributed by atoms with Crippen LogP contribution in [0.2, 0.25) is 0 Å². The van der Waals surface area contributed by atoms with E-state index in [4.69, 9.17) is 5.73 Å². The van der Waals surface area contributed by atoms with Crippen molar-refractivity contribution in [3.63, 3.8) is 0 Å². The van der Waals surface area contributed by atoms with Gasteiger partial charge in [0.2, 0.25) is 0 Å². The maximum Gasteiger partial charge on any atom is 0.302 e. The lowest BCUT2D eigenvalue weighted by atomic mass is 10.0. The third-order valence-corrected chi connectivity index (χ3v) is 4.58. The summed E-state index contributed by atoms with van der Waals surface area (Å²) in [6, 6.07) is 1.63. The van der Waals surface area contributed by atoms with E-state index in [1.54, 1.807) is 24.0 Å². The standard InChI is InChI=1S/C10H19N5O2S/c1-14-6-4-10(12-14)13-18(16,17)15-5-2-3-9(7-11)8-15/h4,6,9H,2-3,5,7-8,11H2,1H3,(H,12,13). The first-order valence-corrected chi connectivity index (χ1v) is 7.43. The van der Waals surface area contributed by atoms with E-state index in [9.17, 15) is 8.42 Å². The highest BCUT2D eigenvalue weighted by Crippen LogP contribution is 2.19. The van der Waals surface area contributed by atoms with Gasteiger partial charge >= 0.3 is 10.2 Å². The number of aromatic nitrogens is 2. The molecule has 0 radical (unpaired) electrons. The molecule has 3 N–H and O–H groups in total. The Labute approximate surface area is 107 Å². The molecule has 1 fully saturated rings. The van der Waals surface area contributed by atoms with Crippen molar-refractivity contribution in [3.8, 4) is 0 Å². The zero-order chi connectivity index (χ0) is 13.2. The average Bonchev–Trinajstić information content (AvgIpc) is 2.74. The number of hydrogen-bond donors (Lipinski definition) is 2. The van der Waals surface area contributed by atoms with Gasteiger partial charge in [-0.15, -0.1) is 0 Å². The molecule has 1 atom stereocenters. The summed E-state index contributed by atoms with van der Waals surface area (Å²) >= 11 is 0. The molecule has 0 saturated carbocycles. The second-order valence-corrected chi connectivity index (χ2v) is 6.25. The number of nitrogens with zero attached hydrogens (tertiary/aromatic N) is 3. The molecule has 0 amide bonds. The fraction of sp³-hybridized carbons (Fsp3) is 0.700. The Kier molecular flexibility index (Phi) is 3.88. The van der Waals surface area contributed by atoms with E-state index in [1.165, 1.54) is 4.31 Å². The van der Waals surface area contributed by atoms with Crippen molar-refractivity contribution in [1.82, 2.24) is 14.1 Å². The second-order valence-electron chi connectivity index (χ2n) is 4.58. The van der Waals surface area contributed by atoms with E-state index >= 15 is 0 Å². The Morgan fingerprint density at radius 1 is 1.61 bits per heavy atom. The second kappa shape index (κ2) is 5.25. The molecule has 1 aliphatic rings. The number of hydrogen-bond acceptors (Lipinski definition) is 4. The van der Waals surface area contributed by atoms with Crippen LogP contribution in [-0.4, -0.2) is 42.1 Å². The van der Waals surface area contributed by atoms with Crippen LogP contribution in [-0.2, 0) is 17.3 Å². The number of piperidine rings is 1. The van der Waals surface area contributed by atoms with Crippen LogP contribution in [0.5, 0.6) is 0 Å². The van der Waals surface area contributed by atoms with Gasteiger partial charge in [0.1, 0.15) is 0 Å². The zero-order valence-electron chi connectivity index (χ0n) is 10.4. The number of aryl methyl sites for hydroxylation is 1. The van der Waals surface area contributed by atoms with Gasteiger partial charge in [-0.25, -0.2) is 0 Å². The van der Waals surface area contributed by atoms with Gasteiger partial charge in [-0.05, 0) is 25.3 Å². The summed E-state index contributed by atoms with van der Waals surface area (Å²) in [4.78, 5) is 0. The van der Waals surface area contributed by atoms with Crippen molar-refractivity contribution in [2.75, 3.05) is 24.4 Å². The molecule has 1 aromatic heterocycles. The van der Waals surface area contributed by atoms with Gasteiger partial charge < -0.3 is 5.73 Å². The SMILES string of the molecule is Cn1ccc(NS(=O)(=O)N2CCCC(CN)C2)n1. The van der Waals surface area contributed by atoms with Crippen LogP contribution in [0.15, 0.2) is 12.3 Å².